The molecule has 2 rings (SSSR count). The van der Waals surface area contributed by atoms with Gasteiger partial charge in [0.15, 0.2) is 4.34 Å². The standard InChI is InChI=1S/C11H12FN3S2/c1-7-14-15-11(16-7)17-10-3-2-8(4-5-13)6-9(10)12/h2-3,6H,4-5,13H2,1H3. The lowest BCUT2D eigenvalue weighted by atomic mass is 10.1. The summed E-state index contributed by atoms with van der Waals surface area (Å²) in [5, 5.41) is 8.74. The van der Waals surface area contributed by atoms with Crippen molar-refractivity contribution in [2.24, 2.45) is 5.73 Å². The highest BCUT2D eigenvalue weighted by molar-refractivity contribution is 8.01. The first-order valence-corrected chi connectivity index (χ1v) is 6.79. The summed E-state index contributed by atoms with van der Waals surface area (Å²) in [5.41, 5.74) is 6.35. The van der Waals surface area contributed by atoms with E-state index in [1.54, 1.807) is 6.07 Å². The largest absolute Gasteiger partial charge is 0.330 e. The molecule has 0 amide bonds. The molecule has 0 bridgehead atoms. The molecule has 90 valence electrons. The van der Waals surface area contributed by atoms with Crippen molar-refractivity contribution < 1.29 is 4.39 Å². The molecule has 0 unspecified atom stereocenters. The molecule has 17 heavy (non-hydrogen) atoms. The molecule has 0 radical (unpaired) electrons. The number of halogens is 1. The van der Waals surface area contributed by atoms with Crippen LogP contribution in [-0.4, -0.2) is 16.7 Å². The fourth-order valence-corrected chi connectivity index (χ4v) is 3.14. The second kappa shape index (κ2) is 5.57. The molecule has 2 aromatic rings. The third-order valence-electron chi connectivity index (χ3n) is 2.13. The maximum absolute atomic E-state index is 13.8. The Morgan fingerprint density at radius 3 is 2.82 bits per heavy atom. The van der Waals surface area contributed by atoms with Gasteiger partial charge in [-0.2, -0.15) is 0 Å². The normalized spacial score (nSPS) is 10.8. The van der Waals surface area contributed by atoms with E-state index in [2.05, 4.69) is 10.2 Å². The molecule has 0 spiro atoms. The summed E-state index contributed by atoms with van der Waals surface area (Å²) in [7, 11) is 0. The number of aromatic nitrogens is 2. The molecule has 6 heteroatoms. The van der Waals surface area contributed by atoms with Crippen LogP contribution in [0.15, 0.2) is 27.4 Å². The second-order valence-electron chi connectivity index (χ2n) is 3.49. The zero-order chi connectivity index (χ0) is 12.3. The van der Waals surface area contributed by atoms with E-state index in [0.717, 1.165) is 14.9 Å². The van der Waals surface area contributed by atoms with Gasteiger partial charge in [0.2, 0.25) is 0 Å². The molecule has 0 aliphatic carbocycles. The number of hydrogen-bond donors (Lipinski definition) is 1. The first-order chi connectivity index (χ1) is 8.19. The molecule has 0 atom stereocenters. The number of benzene rings is 1. The maximum atomic E-state index is 13.8. The lowest BCUT2D eigenvalue weighted by Gasteiger charge is -2.03. The summed E-state index contributed by atoms with van der Waals surface area (Å²) in [5.74, 6) is -0.228. The van der Waals surface area contributed by atoms with Gasteiger partial charge in [0.05, 0.1) is 4.90 Å². The Kier molecular flexibility index (Phi) is 4.09. The van der Waals surface area contributed by atoms with E-state index < -0.39 is 0 Å². The molecule has 0 fully saturated rings. The van der Waals surface area contributed by atoms with Gasteiger partial charge in [-0.25, -0.2) is 4.39 Å². The number of nitrogens with zero attached hydrogens (tertiary/aromatic N) is 2. The molecule has 0 aliphatic heterocycles. The van der Waals surface area contributed by atoms with Crippen molar-refractivity contribution in [3.05, 3.63) is 34.6 Å². The van der Waals surface area contributed by atoms with E-state index in [-0.39, 0.29) is 5.82 Å². The summed E-state index contributed by atoms with van der Waals surface area (Å²) < 4.78 is 14.5. The van der Waals surface area contributed by atoms with Crippen molar-refractivity contribution in [3.8, 4) is 0 Å². The Morgan fingerprint density at radius 1 is 1.41 bits per heavy atom. The van der Waals surface area contributed by atoms with Crippen LogP contribution < -0.4 is 5.73 Å². The summed E-state index contributed by atoms with van der Waals surface area (Å²) >= 11 is 2.76. The van der Waals surface area contributed by atoms with Gasteiger partial charge in [0.25, 0.3) is 0 Å². The van der Waals surface area contributed by atoms with Crippen LogP contribution in [0.2, 0.25) is 0 Å². The van der Waals surface area contributed by atoms with Crippen LogP contribution in [0, 0.1) is 12.7 Å². The van der Waals surface area contributed by atoms with Crippen molar-refractivity contribution in [2.75, 3.05) is 6.54 Å². The topological polar surface area (TPSA) is 51.8 Å². The highest BCUT2D eigenvalue weighted by Crippen LogP contribution is 2.32. The van der Waals surface area contributed by atoms with Gasteiger partial charge in [-0.1, -0.05) is 29.2 Å². The number of aryl methyl sites for hydroxylation is 1. The molecular weight excluding hydrogens is 257 g/mol. The fraction of sp³-hybridized carbons (Fsp3) is 0.273. The predicted octanol–water partition coefficient (Wildman–Crippen LogP) is 2.64. The zero-order valence-corrected chi connectivity index (χ0v) is 10.9. The van der Waals surface area contributed by atoms with E-state index >= 15 is 0 Å². The van der Waals surface area contributed by atoms with Crippen molar-refractivity contribution >= 4 is 23.1 Å². The SMILES string of the molecule is Cc1nnc(Sc2ccc(CCN)cc2F)s1. The van der Waals surface area contributed by atoms with Gasteiger partial charge in [0, 0.05) is 0 Å². The van der Waals surface area contributed by atoms with Crippen molar-refractivity contribution in [2.45, 2.75) is 22.6 Å². The Bertz CT molecular complexity index is 513. The van der Waals surface area contributed by atoms with Crippen LogP contribution >= 0.6 is 23.1 Å². The van der Waals surface area contributed by atoms with Crippen LogP contribution in [0.25, 0.3) is 0 Å². The number of nitrogens with two attached hydrogens (primary N) is 1. The Balaban J connectivity index is 2.16. The van der Waals surface area contributed by atoms with Crippen LogP contribution in [0.1, 0.15) is 10.6 Å². The van der Waals surface area contributed by atoms with E-state index in [4.69, 9.17) is 5.73 Å². The van der Waals surface area contributed by atoms with Crippen LogP contribution in [0.4, 0.5) is 4.39 Å². The lowest BCUT2D eigenvalue weighted by Crippen LogP contribution is -2.02. The van der Waals surface area contributed by atoms with Gasteiger partial charge < -0.3 is 5.73 Å². The van der Waals surface area contributed by atoms with Crippen molar-refractivity contribution in [1.29, 1.82) is 0 Å². The Labute approximate surface area is 107 Å². The molecule has 2 N–H and O–H groups in total. The molecule has 3 nitrogen and oxygen atoms in total. The summed E-state index contributed by atoms with van der Waals surface area (Å²) in [6.45, 7) is 2.41. The van der Waals surface area contributed by atoms with Gasteiger partial charge in [0.1, 0.15) is 10.8 Å². The van der Waals surface area contributed by atoms with Crippen LogP contribution in [0.3, 0.4) is 0 Å². The molecule has 0 saturated carbocycles. The average molecular weight is 269 g/mol. The Hall–Kier alpha value is -0.980. The Morgan fingerprint density at radius 2 is 2.24 bits per heavy atom. The highest BCUT2D eigenvalue weighted by Gasteiger charge is 2.08. The molecule has 0 saturated heterocycles. The minimum absolute atomic E-state index is 0.228. The quantitative estimate of drug-likeness (QED) is 0.927. The molecular formula is C11H12FN3S2. The summed E-state index contributed by atoms with van der Waals surface area (Å²) in [4.78, 5) is 0.571. The third-order valence-corrected chi connectivity index (χ3v) is 4.07. The highest BCUT2D eigenvalue weighted by atomic mass is 32.2. The smallest absolute Gasteiger partial charge is 0.179 e. The fourth-order valence-electron chi connectivity index (χ4n) is 1.36. The average Bonchev–Trinajstić information content (AvgIpc) is 2.69. The minimum Gasteiger partial charge on any atom is -0.330 e. The van der Waals surface area contributed by atoms with Crippen molar-refractivity contribution in [1.82, 2.24) is 10.2 Å². The molecule has 1 aromatic heterocycles. The predicted molar refractivity (Wildman–Crippen MR) is 67.9 cm³/mol. The first kappa shape index (κ1) is 12.5. The monoisotopic (exact) mass is 269 g/mol. The maximum Gasteiger partial charge on any atom is 0.179 e. The zero-order valence-electron chi connectivity index (χ0n) is 9.31. The second-order valence-corrected chi connectivity index (χ2v) is 5.96. The van der Waals surface area contributed by atoms with Crippen LogP contribution in [-0.2, 0) is 6.42 Å². The molecule has 1 heterocycles. The molecule has 0 aliphatic rings. The van der Waals surface area contributed by atoms with Crippen LogP contribution in [0.5, 0.6) is 0 Å². The van der Waals surface area contributed by atoms with Gasteiger partial charge in [-0.05, 0) is 37.6 Å². The van der Waals surface area contributed by atoms with Gasteiger partial charge in [-0.3, -0.25) is 0 Å². The summed E-state index contributed by atoms with van der Waals surface area (Å²) in [6.07, 6.45) is 0.694. The first-order valence-electron chi connectivity index (χ1n) is 5.15. The van der Waals surface area contributed by atoms with E-state index in [1.807, 2.05) is 13.0 Å². The van der Waals surface area contributed by atoms with Gasteiger partial charge >= 0.3 is 0 Å². The minimum atomic E-state index is -0.228. The van der Waals surface area contributed by atoms with E-state index in [9.17, 15) is 4.39 Å². The summed E-state index contributed by atoms with van der Waals surface area (Å²) in [6, 6.07) is 5.19. The lowest BCUT2D eigenvalue weighted by molar-refractivity contribution is 0.599. The van der Waals surface area contributed by atoms with E-state index in [0.29, 0.717) is 17.9 Å². The van der Waals surface area contributed by atoms with E-state index in [1.165, 1.54) is 29.2 Å². The van der Waals surface area contributed by atoms with Crippen molar-refractivity contribution in [3.63, 3.8) is 0 Å². The molecule has 1 aromatic carbocycles. The number of hydrogen-bond acceptors (Lipinski definition) is 5. The third kappa shape index (κ3) is 3.24. The van der Waals surface area contributed by atoms with Gasteiger partial charge in [-0.15, -0.1) is 10.2 Å². The number of rotatable bonds is 4.